The van der Waals surface area contributed by atoms with Crippen LogP contribution in [0.2, 0.25) is 36.3 Å². The molecule has 0 fully saturated rings. The van der Waals surface area contributed by atoms with Crippen LogP contribution >= 0.6 is 0 Å². The van der Waals surface area contributed by atoms with Crippen LogP contribution < -0.4 is 0 Å². The van der Waals surface area contributed by atoms with E-state index in [-0.39, 0.29) is 10.1 Å². The number of allylic oxidation sites excluding steroid dienone is 1. The molecule has 0 aliphatic heterocycles. The molecule has 0 aromatic heterocycles. The lowest BCUT2D eigenvalue weighted by Crippen LogP contribution is -2.43. The lowest BCUT2D eigenvalue weighted by Gasteiger charge is -2.40. The van der Waals surface area contributed by atoms with Crippen molar-refractivity contribution >= 4 is 16.6 Å². The number of aliphatic hydroxyl groups is 1. The summed E-state index contributed by atoms with van der Waals surface area (Å²) in [5.41, 5.74) is -0.858. The van der Waals surface area contributed by atoms with Crippen molar-refractivity contribution in [1.29, 1.82) is 0 Å². The molecule has 0 saturated heterocycles. The molecule has 26 heavy (non-hydrogen) atoms. The van der Waals surface area contributed by atoms with E-state index in [4.69, 9.17) is 8.85 Å². The summed E-state index contributed by atoms with van der Waals surface area (Å²) in [5, 5.41) is 11.5. The molecule has 152 valence electrons. The normalized spacial score (nSPS) is 22.8. The Morgan fingerprint density at radius 1 is 1.00 bits per heavy atom. The van der Waals surface area contributed by atoms with Gasteiger partial charge in [0.15, 0.2) is 8.32 Å². The zero-order valence-corrected chi connectivity index (χ0v) is 20.8. The van der Waals surface area contributed by atoms with Gasteiger partial charge in [-0.3, -0.25) is 0 Å². The quantitative estimate of drug-likeness (QED) is 0.399. The molecule has 3 nitrogen and oxygen atoms in total. The van der Waals surface area contributed by atoms with Gasteiger partial charge in [-0.1, -0.05) is 53.7 Å². The molecular formula is C21H42O3Si2. The third-order valence-electron chi connectivity index (χ3n) is 6.49. The van der Waals surface area contributed by atoms with E-state index < -0.39 is 22.2 Å². The fraction of sp³-hybridized carbons (Fsp3) is 0.810. The second kappa shape index (κ2) is 7.94. The molecule has 1 rings (SSSR count). The van der Waals surface area contributed by atoms with E-state index in [1.54, 1.807) is 0 Å². The molecule has 0 bridgehead atoms. The Kier molecular flexibility index (Phi) is 7.23. The van der Waals surface area contributed by atoms with Gasteiger partial charge in [-0.25, -0.2) is 0 Å². The van der Waals surface area contributed by atoms with Crippen molar-refractivity contribution in [2.45, 2.75) is 103 Å². The van der Waals surface area contributed by atoms with Crippen LogP contribution in [0.25, 0.3) is 0 Å². The van der Waals surface area contributed by atoms with Gasteiger partial charge < -0.3 is 14.0 Å². The minimum absolute atomic E-state index is 0.129. The SMILES string of the molecule is CC(C)(C)[Si](C)(C)OC/C=C/CC1(O)CCC=C1O[Si](C)(C)C(C)(C)C. The highest BCUT2D eigenvalue weighted by molar-refractivity contribution is 6.74. The first-order chi connectivity index (χ1) is 11.5. The summed E-state index contributed by atoms with van der Waals surface area (Å²) in [6, 6.07) is 0. The van der Waals surface area contributed by atoms with E-state index in [0.717, 1.165) is 18.6 Å². The summed E-state index contributed by atoms with van der Waals surface area (Å²) >= 11 is 0. The molecule has 1 atom stereocenters. The predicted octanol–water partition coefficient (Wildman–Crippen LogP) is 6.39. The van der Waals surface area contributed by atoms with E-state index >= 15 is 0 Å². The average Bonchev–Trinajstić information content (AvgIpc) is 2.76. The van der Waals surface area contributed by atoms with Crippen LogP contribution in [0.4, 0.5) is 0 Å². The number of hydrogen-bond acceptors (Lipinski definition) is 3. The zero-order valence-electron chi connectivity index (χ0n) is 18.8. The highest BCUT2D eigenvalue weighted by atomic mass is 28.4. The van der Waals surface area contributed by atoms with Gasteiger partial charge in [-0.05, 0) is 55.2 Å². The van der Waals surface area contributed by atoms with E-state index in [9.17, 15) is 5.11 Å². The second-order valence-electron chi connectivity index (χ2n) is 10.7. The van der Waals surface area contributed by atoms with Gasteiger partial charge in [-0.2, -0.15) is 0 Å². The number of rotatable bonds is 7. The van der Waals surface area contributed by atoms with Gasteiger partial charge in [-0.15, -0.1) is 0 Å². The highest BCUT2D eigenvalue weighted by Gasteiger charge is 2.44. The molecule has 1 aliphatic rings. The van der Waals surface area contributed by atoms with Crippen molar-refractivity contribution in [1.82, 2.24) is 0 Å². The van der Waals surface area contributed by atoms with Crippen LogP contribution in [0.1, 0.15) is 60.8 Å². The van der Waals surface area contributed by atoms with Gasteiger partial charge in [0.05, 0.1) is 6.61 Å². The largest absolute Gasteiger partial charge is 0.545 e. The standard InChI is InChI=1S/C21H42O3Si2/c1-19(2,3)25(7,8)23-17-12-11-15-21(22)16-13-14-18(21)24-26(9,10)20(4,5)6/h11-12,14,22H,13,15-17H2,1-10H3/b12-11+. The molecule has 1 aliphatic carbocycles. The summed E-state index contributed by atoms with van der Waals surface area (Å²) in [7, 11) is -3.65. The summed E-state index contributed by atoms with van der Waals surface area (Å²) < 4.78 is 12.6. The first-order valence-corrected chi connectivity index (χ1v) is 15.7. The average molecular weight is 399 g/mol. The van der Waals surface area contributed by atoms with Gasteiger partial charge in [0.25, 0.3) is 0 Å². The van der Waals surface area contributed by atoms with E-state index in [1.165, 1.54) is 0 Å². The fourth-order valence-electron chi connectivity index (χ4n) is 2.34. The monoisotopic (exact) mass is 398 g/mol. The van der Waals surface area contributed by atoms with Crippen LogP contribution in [0.5, 0.6) is 0 Å². The minimum Gasteiger partial charge on any atom is -0.545 e. The Bertz CT molecular complexity index is 536. The maximum atomic E-state index is 11.1. The Balaban J connectivity index is 2.65. The van der Waals surface area contributed by atoms with Crippen LogP contribution in [0.15, 0.2) is 24.0 Å². The molecule has 0 radical (unpaired) electrons. The zero-order chi connectivity index (χ0) is 20.4. The fourth-order valence-corrected chi connectivity index (χ4v) is 4.42. The Morgan fingerprint density at radius 2 is 1.54 bits per heavy atom. The van der Waals surface area contributed by atoms with Crippen molar-refractivity contribution in [2.75, 3.05) is 6.61 Å². The summed E-state index contributed by atoms with van der Waals surface area (Å²) in [4.78, 5) is 0. The Morgan fingerprint density at radius 3 is 2.04 bits per heavy atom. The van der Waals surface area contributed by atoms with Crippen molar-refractivity contribution in [3.63, 3.8) is 0 Å². The molecule has 0 saturated carbocycles. The number of hydrogen-bond donors (Lipinski definition) is 1. The molecule has 0 aromatic rings. The second-order valence-corrected chi connectivity index (χ2v) is 20.3. The van der Waals surface area contributed by atoms with Gasteiger partial charge in [0, 0.05) is 6.42 Å². The van der Waals surface area contributed by atoms with E-state index in [2.05, 4.69) is 86.0 Å². The molecule has 0 heterocycles. The molecule has 1 unspecified atom stereocenters. The molecule has 0 spiro atoms. The van der Waals surface area contributed by atoms with Crippen molar-refractivity contribution in [3.8, 4) is 0 Å². The molecule has 0 aromatic carbocycles. The summed E-state index contributed by atoms with van der Waals surface area (Å²) in [5.74, 6) is 0.791. The molecule has 1 N–H and O–H groups in total. The lowest BCUT2D eigenvalue weighted by atomic mass is 9.97. The lowest BCUT2D eigenvalue weighted by molar-refractivity contribution is 0.0448. The first-order valence-electron chi connectivity index (χ1n) is 9.93. The van der Waals surface area contributed by atoms with Gasteiger partial charge in [0.1, 0.15) is 11.4 Å². The van der Waals surface area contributed by atoms with Crippen molar-refractivity contribution < 1.29 is 14.0 Å². The Labute approximate surface area is 164 Å². The highest BCUT2D eigenvalue weighted by Crippen LogP contribution is 2.43. The summed E-state index contributed by atoms with van der Waals surface area (Å²) in [6.45, 7) is 23.0. The van der Waals surface area contributed by atoms with Gasteiger partial charge >= 0.3 is 0 Å². The third kappa shape index (κ3) is 5.81. The third-order valence-corrected chi connectivity index (χ3v) is 15.3. The molecule has 5 heteroatoms. The van der Waals surface area contributed by atoms with E-state index in [1.807, 2.05) is 0 Å². The van der Waals surface area contributed by atoms with Crippen LogP contribution in [-0.4, -0.2) is 33.9 Å². The molecule has 0 amide bonds. The van der Waals surface area contributed by atoms with Crippen molar-refractivity contribution in [2.24, 2.45) is 0 Å². The van der Waals surface area contributed by atoms with Crippen LogP contribution in [0, 0.1) is 0 Å². The smallest absolute Gasteiger partial charge is 0.250 e. The van der Waals surface area contributed by atoms with Crippen LogP contribution in [0.3, 0.4) is 0 Å². The minimum atomic E-state index is -1.93. The molecular weight excluding hydrogens is 356 g/mol. The Hall–Kier alpha value is -0.366. The topological polar surface area (TPSA) is 38.7 Å². The first kappa shape index (κ1) is 23.7. The van der Waals surface area contributed by atoms with E-state index in [0.29, 0.717) is 13.0 Å². The van der Waals surface area contributed by atoms with Crippen molar-refractivity contribution in [3.05, 3.63) is 24.0 Å². The summed E-state index contributed by atoms with van der Waals surface area (Å²) in [6.07, 6.45) is 8.41. The van der Waals surface area contributed by atoms with Gasteiger partial charge in [0.2, 0.25) is 8.32 Å². The van der Waals surface area contributed by atoms with Crippen LogP contribution in [-0.2, 0) is 8.85 Å². The maximum Gasteiger partial charge on any atom is 0.250 e. The maximum absolute atomic E-state index is 11.1. The predicted molar refractivity (Wildman–Crippen MR) is 117 cm³/mol.